The van der Waals surface area contributed by atoms with Crippen molar-refractivity contribution in [2.24, 2.45) is 0 Å². The van der Waals surface area contributed by atoms with Crippen LogP contribution < -0.4 is 0 Å². The monoisotopic (exact) mass is 1010 g/mol. The fourth-order valence-corrected chi connectivity index (χ4v) is 9.25. The maximum Gasteiger partial charge on any atom is 0.306 e. The van der Waals surface area contributed by atoms with E-state index in [2.05, 4.69) is 69.4 Å². The minimum atomic E-state index is -0.788. The van der Waals surface area contributed by atoms with Crippen molar-refractivity contribution in [3.63, 3.8) is 0 Å². The van der Waals surface area contributed by atoms with Crippen molar-refractivity contribution in [3.8, 4) is 0 Å². The molecule has 0 amide bonds. The maximum absolute atomic E-state index is 12.9. The fourth-order valence-electron chi connectivity index (χ4n) is 9.25. The Morgan fingerprint density at radius 2 is 0.500 bits per heavy atom. The SMILES string of the molecule is CCCCCCCCC/C=C\C=C/CCCCCC(=O)OCC(COC(=O)CCCCCCCCC/C=C\CCCCCCCCCC)OC(=O)CCCCCCCCC/C=C\CCCCCCCCCC. The van der Waals surface area contributed by atoms with Gasteiger partial charge >= 0.3 is 17.9 Å². The summed E-state index contributed by atoms with van der Waals surface area (Å²) in [5.74, 6) is -0.901. The van der Waals surface area contributed by atoms with E-state index in [4.69, 9.17) is 14.2 Å². The van der Waals surface area contributed by atoms with Crippen molar-refractivity contribution in [1.29, 1.82) is 0 Å². The van der Waals surface area contributed by atoms with Gasteiger partial charge in [-0.1, -0.05) is 268 Å². The lowest BCUT2D eigenvalue weighted by molar-refractivity contribution is -0.167. The Balaban J connectivity index is 4.39. The third kappa shape index (κ3) is 58.3. The highest BCUT2D eigenvalue weighted by Gasteiger charge is 2.19. The minimum absolute atomic E-state index is 0.0837. The lowest BCUT2D eigenvalue weighted by Gasteiger charge is -2.18. The molecule has 0 bridgehead atoms. The van der Waals surface area contributed by atoms with Crippen LogP contribution in [0.4, 0.5) is 0 Å². The van der Waals surface area contributed by atoms with Gasteiger partial charge < -0.3 is 14.2 Å². The largest absolute Gasteiger partial charge is 0.462 e. The van der Waals surface area contributed by atoms with Gasteiger partial charge in [-0.2, -0.15) is 0 Å². The summed E-state index contributed by atoms with van der Waals surface area (Å²) in [6, 6.07) is 0. The smallest absolute Gasteiger partial charge is 0.306 e. The predicted molar refractivity (Wildman–Crippen MR) is 312 cm³/mol. The molecule has 6 nitrogen and oxygen atoms in total. The third-order valence-electron chi connectivity index (χ3n) is 14.1. The Morgan fingerprint density at radius 1 is 0.278 bits per heavy atom. The fraction of sp³-hybridized carbons (Fsp3) is 0.833. The van der Waals surface area contributed by atoms with E-state index in [9.17, 15) is 14.4 Å². The van der Waals surface area contributed by atoms with Crippen molar-refractivity contribution >= 4 is 17.9 Å². The van der Waals surface area contributed by atoms with Crippen LogP contribution in [0.3, 0.4) is 0 Å². The summed E-state index contributed by atoms with van der Waals surface area (Å²) in [5, 5.41) is 0. The van der Waals surface area contributed by atoms with Crippen LogP contribution in [-0.4, -0.2) is 37.2 Å². The number of hydrogen-bond acceptors (Lipinski definition) is 6. The second kappa shape index (κ2) is 60.9. The molecule has 0 spiro atoms. The van der Waals surface area contributed by atoms with Gasteiger partial charge in [0.05, 0.1) is 0 Å². The normalized spacial score (nSPS) is 12.3. The molecule has 0 aromatic rings. The molecule has 0 saturated heterocycles. The molecule has 0 aliphatic rings. The van der Waals surface area contributed by atoms with Gasteiger partial charge in [0.25, 0.3) is 0 Å². The second-order valence-electron chi connectivity index (χ2n) is 21.3. The van der Waals surface area contributed by atoms with Crippen molar-refractivity contribution in [2.45, 2.75) is 341 Å². The maximum atomic E-state index is 12.9. The summed E-state index contributed by atoms with van der Waals surface area (Å²) < 4.78 is 16.9. The summed E-state index contributed by atoms with van der Waals surface area (Å²) in [4.78, 5) is 38.3. The second-order valence-corrected chi connectivity index (χ2v) is 21.3. The summed E-state index contributed by atoms with van der Waals surface area (Å²) in [6.45, 7) is 6.65. The molecule has 0 saturated carbocycles. The predicted octanol–water partition coefficient (Wildman–Crippen LogP) is 21.4. The van der Waals surface area contributed by atoms with Crippen molar-refractivity contribution in [1.82, 2.24) is 0 Å². The first-order valence-corrected chi connectivity index (χ1v) is 31.7. The molecule has 0 fully saturated rings. The van der Waals surface area contributed by atoms with Gasteiger partial charge in [0.1, 0.15) is 13.2 Å². The highest BCUT2D eigenvalue weighted by atomic mass is 16.6. The molecule has 0 aliphatic carbocycles. The molecule has 0 aliphatic heterocycles. The van der Waals surface area contributed by atoms with Gasteiger partial charge in [-0.3, -0.25) is 14.4 Å². The average Bonchev–Trinajstić information content (AvgIpc) is 3.38. The van der Waals surface area contributed by atoms with E-state index in [-0.39, 0.29) is 31.1 Å². The highest BCUT2D eigenvalue weighted by molar-refractivity contribution is 5.71. The Morgan fingerprint density at radius 3 is 0.792 bits per heavy atom. The first kappa shape index (κ1) is 69.4. The van der Waals surface area contributed by atoms with E-state index >= 15 is 0 Å². The van der Waals surface area contributed by atoms with E-state index in [1.165, 1.54) is 225 Å². The first-order chi connectivity index (χ1) is 35.5. The number of carbonyl (C=O) groups excluding carboxylic acids is 3. The van der Waals surface area contributed by atoms with Crippen LogP contribution in [0.15, 0.2) is 48.6 Å². The third-order valence-corrected chi connectivity index (χ3v) is 14.1. The van der Waals surface area contributed by atoms with E-state index in [1.54, 1.807) is 0 Å². The topological polar surface area (TPSA) is 78.9 Å². The molecule has 0 N–H and O–H groups in total. The Hall–Kier alpha value is -2.63. The van der Waals surface area contributed by atoms with Crippen LogP contribution >= 0.6 is 0 Å². The molecule has 0 heterocycles. The number of esters is 3. The standard InChI is InChI=1S/C66H120O6/c1-4-7-10-13-16-19-22-25-28-31-33-35-38-41-44-47-50-53-56-59-65(68)71-62-63(61-70-64(67)58-55-52-49-46-43-40-37-30-27-24-21-18-15-12-9-6-3)72-66(69)60-57-54-51-48-45-42-39-36-34-32-29-26-23-20-17-14-11-8-5-2/h30-34,37,40,43,63H,4-29,35-36,38-39,41-42,44-62H2,1-3H3/b33-31-,34-32-,37-30-,43-40-. The lowest BCUT2D eigenvalue weighted by atomic mass is 10.1. The highest BCUT2D eigenvalue weighted by Crippen LogP contribution is 2.16. The molecular formula is C66H120O6. The van der Waals surface area contributed by atoms with Gasteiger partial charge in [-0.05, 0) is 96.3 Å². The van der Waals surface area contributed by atoms with Gasteiger partial charge in [0, 0.05) is 19.3 Å². The Labute approximate surface area is 448 Å². The van der Waals surface area contributed by atoms with E-state index < -0.39 is 6.10 Å². The molecular weight excluding hydrogens is 889 g/mol. The molecule has 420 valence electrons. The zero-order valence-electron chi connectivity index (χ0n) is 48.2. The van der Waals surface area contributed by atoms with Crippen LogP contribution in [0.25, 0.3) is 0 Å². The van der Waals surface area contributed by atoms with Gasteiger partial charge in [-0.25, -0.2) is 0 Å². The number of ether oxygens (including phenoxy) is 3. The van der Waals surface area contributed by atoms with E-state index in [1.807, 2.05) is 0 Å². The van der Waals surface area contributed by atoms with E-state index in [0.29, 0.717) is 19.3 Å². The summed E-state index contributed by atoms with van der Waals surface area (Å²) in [6.07, 6.45) is 75.4. The molecule has 0 aromatic carbocycles. The van der Waals surface area contributed by atoms with Crippen LogP contribution in [0.1, 0.15) is 335 Å². The summed E-state index contributed by atoms with van der Waals surface area (Å²) >= 11 is 0. The molecule has 0 radical (unpaired) electrons. The van der Waals surface area contributed by atoms with Crippen molar-refractivity contribution < 1.29 is 28.6 Å². The molecule has 6 heteroatoms. The first-order valence-electron chi connectivity index (χ1n) is 31.7. The van der Waals surface area contributed by atoms with Crippen LogP contribution in [0, 0.1) is 0 Å². The molecule has 0 aromatic heterocycles. The molecule has 0 rings (SSSR count). The van der Waals surface area contributed by atoms with E-state index in [0.717, 1.165) is 70.6 Å². The van der Waals surface area contributed by atoms with Crippen LogP contribution in [0.2, 0.25) is 0 Å². The minimum Gasteiger partial charge on any atom is -0.462 e. The average molecular weight is 1010 g/mol. The van der Waals surface area contributed by atoms with Crippen LogP contribution in [0.5, 0.6) is 0 Å². The number of carbonyl (C=O) groups is 3. The summed E-state index contributed by atoms with van der Waals surface area (Å²) in [5.41, 5.74) is 0. The van der Waals surface area contributed by atoms with Gasteiger partial charge in [0.15, 0.2) is 6.10 Å². The Kier molecular flexibility index (Phi) is 58.7. The molecule has 72 heavy (non-hydrogen) atoms. The molecule has 1 atom stereocenters. The number of hydrogen-bond donors (Lipinski definition) is 0. The van der Waals surface area contributed by atoms with Gasteiger partial charge in [-0.15, -0.1) is 0 Å². The zero-order valence-corrected chi connectivity index (χ0v) is 48.2. The van der Waals surface area contributed by atoms with Crippen molar-refractivity contribution in [2.75, 3.05) is 13.2 Å². The van der Waals surface area contributed by atoms with Crippen molar-refractivity contribution in [3.05, 3.63) is 48.6 Å². The Bertz CT molecular complexity index is 1250. The molecule has 1 unspecified atom stereocenters. The summed E-state index contributed by atoms with van der Waals surface area (Å²) in [7, 11) is 0. The number of allylic oxidation sites excluding steroid dienone is 8. The quantitative estimate of drug-likeness (QED) is 0.0199. The van der Waals surface area contributed by atoms with Crippen LogP contribution in [-0.2, 0) is 28.6 Å². The zero-order chi connectivity index (χ0) is 52.2. The lowest BCUT2D eigenvalue weighted by Crippen LogP contribution is -2.30. The van der Waals surface area contributed by atoms with Gasteiger partial charge in [0.2, 0.25) is 0 Å². The number of unbranched alkanes of at least 4 members (excludes halogenated alkanes) is 40. The number of rotatable bonds is 58.